The van der Waals surface area contributed by atoms with Gasteiger partial charge in [-0.25, -0.2) is 4.39 Å². The van der Waals surface area contributed by atoms with E-state index in [4.69, 9.17) is 5.73 Å². The van der Waals surface area contributed by atoms with Crippen molar-refractivity contribution in [1.29, 1.82) is 0 Å². The van der Waals surface area contributed by atoms with Crippen LogP contribution >= 0.6 is 15.9 Å². The maximum atomic E-state index is 14.4. The molecule has 1 aliphatic rings. The van der Waals surface area contributed by atoms with Gasteiger partial charge in [-0.3, -0.25) is 0 Å². The predicted octanol–water partition coefficient (Wildman–Crippen LogP) is 3.67. The summed E-state index contributed by atoms with van der Waals surface area (Å²) in [5.74, 6) is 0.350. The Kier molecular flexibility index (Phi) is 4.28. The van der Waals surface area contributed by atoms with E-state index in [1.165, 1.54) is 12.8 Å². The van der Waals surface area contributed by atoms with Gasteiger partial charge >= 0.3 is 0 Å². The van der Waals surface area contributed by atoms with Crippen LogP contribution in [0.1, 0.15) is 32.3 Å². The molecule has 2 rings (SSSR count). The lowest BCUT2D eigenvalue weighted by molar-refractivity contribution is 0.574. The molecular formula is C14H20BrFN2. The van der Waals surface area contributed by atoms with E-state index in [-0.39, 0.29) is 5.82 Å². The lowest BCUT2D eigenvalue weighted by atomic mass is 10.1. The van der Waals surface area contributed by atoms with Crippen LogP contribution in [0.25, 0.3) is 0 Å². The van der Waals surface area contributed by atoms with Crippen LogP contribution in [0.2, 0.25) is 0 Å². The van der Waals surface area contributed by atoms with Crippen LogP contribution in [0.15, 0.2) is 16.6 Å². The Morgan fingerprint density at radius 1 is 1.44 bits per heavy atom. The molecular weight excluding hydrogens is 295 g/mol. The Labute approximate surface area is 116 Å². The summed E-state index contributed by atoms with van der Waals surface area (Å²) < 4.78 is 14.9. The third-order valence-electron chi connectivity index (χ3n) is 3.22. The van der Waals surface area contributed by atoms with E-state index in [2.05, 4.69) is 34.7 Å². The highest BCUT2D eigenvalue weighted by atomic mass is 79.9. The molecule has 1 fully saturated rings. The first-order valence-electron chi connectivity index (χ1n) is 6.48. The molecule has 0 saturated heterocycles. The minimum Gasteiger partial charge on any atom is -0.366 e. The minimum atomic E-state index is -0.175. The summed E-state index contributed by atoms with van der Waals surface area (Å²) in [6, 6.07) is 4.29. The van der Waals surface area contributed by atoms with Crippen molar-refractivity contribution in [3.8, 4) is 0 Å². The number of hydrogen-bond donors (Lipinski definition) is 1. The van der Waals surface area contributed by atoms with Gasteiger partial charge in [0.15, 0.2) is 5.82 Å². The number of hydrogen-bond acceptors (Lipinski definition) is 2. The van der Waals surface area contributed by atoms with E-state index in [1.54, 1.807) is 0 Å². The van der Waals surface area contributed by atoms with Crippen molar-refractivity contribution in [2.45, 2.75) is 39.3 Å². The van der Waals surface area contributed by atoms with Crippen molar-refractivity contribution < 1.29 is 4.39 Å². The van der Waals surface area contributed by atoms with E-state index >= 15 is 0 Å². The topological polar surface area (TPSA) is 29.3 Å². The second-order valence-electron chi connectivity index (χ2n) is 5.35. The Balaban J connectivity index is 2.32. The highest BCUT2D eigenvalue weighted by Crippen LogP contribution is 2.36. The molecule has 0 radical (unpaired) electrons. The van der Waals surface area contributed by atoms with E-state index in [0.717, 1.165) is 12.1 Å². The Morgan fingerprint density at radius 2 is 2.11 bits per heavy atom. The standard InChI is InChI=1S/C14H20BrFN2/c1-9(2)8-18(11-4-5-11)12-6-3-10(7-17)13(15)14(12)16/h3,6,9,11H,4-5,7-8,17H2,1-2H3. The summed E-state index contributed by atoms with van der Waals surface area (Å²) in [5.41, 5.74) is 7.11. The summed E-state index contributed by atoms with van der Waals surface area (Å²) in [6.07, 6.45) is 2.34. The van der Waals surface area contributed by atoms with Gasteiger partial charge in [-0.15, -0.1) is 0 Å². The van der Waals surface area contributed by atoms with Crippen molar-refractivity contribution >= 4 is 21.6 Å². The summed E-state index contributed by atoms with van der Waals surface area (Å²) >= 11 is 3.31. The fourth-order valence-electron chi connectivity index (χ4n) is 2.18. The van der Waals surface area contributed by atoms with Crippen molar-refractivity contribution in [3.63, 3.8) is 0 Å². The summed E-state index contributed by atoms with van der Waals surface area (Å²) in [6.45, 7) is 5.58. The van der Waals surface area contributed by atoms with Crippen LogP contribution in [0.3, 0.4) is 0 Å². The molecule has 0 unspecified atom stereocenters. The largest absolute Gasteiger partial charge is 0.366 e. The average molecular weight is 315 g/mol. The monoisotopic (exact) mass is 314 g/mol. The van der Waals surface area contributed by atoms with Gasteiger partial charge in [0.1, 0.15) is 0 Å². The van der Waals surface area contributed by atoms with Gasteiger partial charge in [0.25, 0.3) is 0 Å². The summed E-state index contributed by atoms with van der Waals surface area (Å²) in [4.78, 5) is 2.20. The van der Waals surface area contributed by atoms with Gasteiger partial charge in [0.05, 0.1) is 10.2 Å². The molecule has 4 heteroatoms. The third-order valence-corrected chi connectivity index (χ3v) is 4.08. The molecule has 0 aliphatic heterocycles. The Hall–Kier alpha value is -0.610. The summed E-state index contributed by atoms with van der Waals surface area (Å²) in [7, 11) is 0. The first-order chi connectivity index (χ1) is 8.54. The Bertz CT molecular complexity index is 430. The third kappa shape index (κ3) is 2.86. The zero-order valence-electron chi connectivity index (χ0n) is 10.9. The second-order valence-corrected chi connectivity index (χ2v) is 6.15. The van der Waals surface area contributed by atoms with E-state index in [0.29, 0.717) is 28.7 Å². The van der Waals surface area contributed by atoms with Gasteiger partial charge in [0.2, 0.25) is 0 Å². The zero-order chi connectivity index (χ0) is 13.3. The van der Waals surface area contributed by atoms with Gasteiger partial charge in [-0.1, -0.05) is 19.9 Å². The number of anilines is 1. The number of halogens is 2. The van der Waals surface area contributed by atoms with E-state index < -0.39 is 0 Å². The maximum Gasteiger partial charge on any atom is 0.160 e. The van der Waals surface area contributed by atoms with Crippen molar-refractivity contribution in [2.24, 2.45) is 11.7 Å². The second kappa shape index (κ2) is 5.57. The van der Waals surface area contributed by atoms with Crippen LogP contribution in [-0.2, 0) is 6.54 Å². The molecule has 1 aromatic rings. The SMILES string of the molecule is CC(C)CN(c1ccc(CN)c(Br)c1F)C1CC1. The number of nitrogens with two attached hydrogens (primary N) is 1. The maximum absolute atomic E-state index is 14.4. The van der Waals surface area contributed by atoms with Gasteiger partial charge < -0.3 is 10.6 Å². The number of benzene rings is 1. The van der Waals surface area contributed by atoms with Gasteiger partial charge in [-0.2, -0.15) is 0 Å². The highest BCUT2D eigenvalue weighted by Gasteiger charge is 2.31. The molecule has 100 valence electrons. The van der Waals surface area contributed by atoms with E-state index in [1.807, 2.05) is 12.1 Å². The van der Waals surface area contributed by atoms with Crippen LogP contribution in [0, 0.1) is 11.7 Å². The zero-order valence-corrected chi connectivity index (χ0v) is 12.5. The molecule has 0 heterocycles. The van der Waals surface area contributed by atoms with Crippen LogP contribution < -0.4 is 10.6 Å². The molecule has 0 bridgehead atoms. The molecule has 1 aliphatic carbocycles. The van der Waals surface area contributed by atoms with Crippen molar-refractivity contribution in [2.75, 3.05) is 11.4 Å². The molecule has 2 N–H and O–H groups in total. The molecule has 0 atom stereocenters. The first kappa shape index (κ1) is 13.8. The van der Waals surface area contributed by atoms with Crippen molar-refractivity contribution in [3.05, 3.63) is 28.0 Å². The molecule has 2 nitrogen and oxygen atoms in total. The fraction of sp³-hybridized carbons (Fsp3) is 0.571. The molecule has 1 aromatic carbocycles. The molecule has 0 spiro atoms. The van der Waals surface area contributed by atoms with Gasteiger partial charge in [0, 0.05) is 19.1 Å². The molecule has 18 heavy (non-hydrogen) atoms. The van der Waals surface area contributed by atoms with Crippen LogP contribution in [0.5, 0.6) is 0 Å². The number of rotatable bonds is 5. The molecule has 0 aromatic heterocycles. The highest BCUT2D eigenvalue weighted by molar-refractivity contribution is 9.10. The van der Waals surface area contributed by atoms with Crippen LogP contribution in [-0.4, -0.2) is 12.6 Å². The number of nitrogens with zero attached hydrogens (tertiary/aromatic N) is 1. The van der Waals surface area contributed by atoms with Gasteiger partial charge in [-0.05, 0) is 46.3 Å². The summed E-state index contributed by atoms with van der Waals surface area (Å²) in [5, 5.41) is 0. The average Bonchev–Trinajstić information content (AvgIpc) is 3.14. The lowest BCUT2D eigenvalue weighted by Crippen LogP contribution is -2.30. The first-order valence-corrected chi connectivity index (χ1v) is 7.27. The van der Waals surface area contributed by atoms with Crippen molar-refractivity contribution in [1.82, 2.24) is 0 Å². The van der Waals surface area contributed by atoms with E-state index in [9.17, 15) is 4.39 Å². The lowest BCUT2D eigenvalue weighted by Gasteiger charge is -2.27. The minimum absolute atomic E-state index is 0.175. The molecule has 1 saturated carbocycles. The predicted molar refractivity (Wildman–Crippen MR) is 77.2 cm³/mol. The fourth-order valence-corrected chi connectivity index (χ4v) is 2.68. The normalized spacial score (nSPS) is 15.2. The molecule has 0 amide bonds. The Morgan fingerprint density at radius 3 is 2.61 bits per heavy atom. The quantitative estimate of drug-likeness (QED) is 0.898. The van der Waals surface area contributed by atoms with Crippen LogP contribution in [0.4, 0.5) is 10.1 Å². The smallest absolute Gasteiger partial charge is 0.160 e.